The van der Waals surface area contributed by atoms with Gasteiger partial charge in [-0.3, -0.25) is 9.59 Å². The van der Waals surface area contributed by atoms with Gasteiger partial charge in [-0.25, -0.2) is 0 Å². The van der Waals surface area contributed by atoms with Crippen LogP contribution in [-0.4, -0.2) is 19.7 Å². The van der Waals surface area contributed by atoms with Crippen molar-refractivity contribution in [3.8, 4) is 5.75 Å². The average molecular weight is 243 g/mol. The van der Waals surface area contributed by atoms with E-state index in [9.17, 15) is 9.59 Å². The predicted molar refractivity (Wildman–Crippen MR) is 51.5 cm³/mol. The van der Waals surface area contributed by atoms with Crippen LogP contribution in [0.5, 0.6) is 5.75 Å². The molecule has 0 aliphatic rings. The van der Waals surface area contributed by atoms with Gasteiger partial charge in [0.1, 0.15) is 5.75 Å². The van der Waals surface area contributed by atoms with E-state index >= 15 is 0 Å². The first-order valence-corrected chi connectivity index (χ1v) is 4.30. The van der Waals surface area contributed by atoms with Gasteiger partial charge in [0.2, 0.25) is 0 Å². The lowest BCUT2D eigenvalue weighted by atomic mass is 10.1. The summed E-state index contributed by atoms with van der Waals surface area (Å²) in [5, 5.41) is 0. The van der Waals surface area contributed by atoms with E-state index in [2.05, 4.69) is 15.9 Å². The molecule has 1 rings (SSSR count). The average Bonchev–Trinajstić information content (AvgIpc) is 2.16. The Hall–Kier alpha value is -1.16. The van der Waals surface area contributed by atoms with Crippen LogP contribution in [0.4, 0.5) is 0 Å². The van der Waals surface area contributed by atoms with Crippen LogP contribution in [0.1, 0.15) is 20.7 Å². The first-order valence-electron chi connectivity index (χ1n) is 3.50. The number of rotatable bonds is 3. The summed E-state index contributed by atoms with van der Waals surface area (Å²) in [6, 6.07) is 3.19. The highest BCUT2D eigenvalue weighted by molar-refractivity contribution is 9.10. The Morgan fingerprint density at radius 1 is 1.23 bits per heavy atom. The van der Waals surface area contributed by atoms with Gasteiger partial charge in [-0.05, 0) is 12.1 Å². The lowest BCUT2D eigenvalue weighted by Gasteiger charge is -2.06. The summed E-state index contributed by atoms with van der Waals surface area (Å²) < 4.78 is 5.61. The lowest BCUT2D eigenvalue weighted by Crippen LogP contribution is -1.95. The summed E-state index contributed by atoms with van der Waals surface area (Å²) >= 11 is 3.18. The van der Waals surface area contributed by atoms with Crippen molar-refractivity contribution in [2.75, 3.05) is 7.11 Å². The molecular weight excluding hydrogens is 236 g/mol. The van der Waals surface area contributed by atoms with Crippen molar-refractivity contribution >= 4 is 28.5 Å². The van der Waals surface area contributed by atoms with Crippen molar-refractivity contribution in [2.45, 2.75) is 0 Å². The number of hydrogen-bond acceptors (Lipinski definition) is 3. The third-order valence-electron chi connectivity index (χ3n) is 1.57. The minimum Gasteiger partial charge on any atom is -0.495 e. The Labute approximate surface area is 83.8 Å². The monoisotopic (exact) mass is 242 g/mol. The molecule has 0 saturated heterocycles. The van der Waals surface area contributed by atoms with E-state index < -0.39 is 0 Å². The van der Waals surface area contributed by atoms with Crippen LogP contribution in [0.2, 0.25) is 0 Å². The lowest BCUT2D eigenvalue weighted by molar-refractivity contribution is 0.111. The highest BCUT2D eigenvalue weighted by Crippen LogP contribution is 2.25. The Morgan fingerprint density at radius 2 is 1.69 bits per heavy atom. The molecule has 0 heterocycles. The maximum absolute atomic E-state index is 10.6. The van der Waals surface area contributed by atoms with Crippen LogP contribution in [0.15, 0.2) is 16.6 Å². The molecule has 0 unspecified atom stereocenters. The van der Waals surface area contributed by atoms with Crippen LogP contribution >= 0.6 is 15.9 Å². The molecule has 0 spiro atoms. The molecule has 1 aromatic rings. The second-order valence-electron chi connectivity index (χ2n) is 2.35. The van der Waals surface area contributed by atoms with Crippen LogP contribution < -0.4 is 4.74 Å². The summed E-state index contributed by atoms with van der Waals surface area (Å²) in [6.07, 6.45) is 1.30. The molecule has 3 nitrogen and oxygen atoms in total. The van der Waals surface area contributed by atoms with Crippen molar-refractivity contribution in [1.29, 1.82) is 0 Å². The minimum atomic E-state index is 0.313. The van der Waals surface area contributed by atoms with Crippen LogP contribution in [-0.2, 0) is 0 Å². The van der Waals surface area contributed by atoms with E-state index in [-0.39, 0.29) is 0 Å². The molecular formula is C9H7BrO3. The first kappa shape index (κ1) is 9.92. The molecule has 0 aromatic heterocycles. The van der Waals surface area contributed by atoms with Gasteiger partial charge in [-0.1, -0.05) is 15.9 Å². The fourth-order valence-corrected chi connectivity index (χ4v) is 1.54. The van der Waals surface area contributed by atoms with E-state index in [1.54, 1.807) is 12.1 Å². The van der Waals surface area contributed by atoms with E-state index in [1.165, 1.54) is 7.11 Å². The Morgan fingerprint density at radius 3 is 2.00 bits per heavy atom. The molecule has 0 atom stereocenters. The summed E-state index contributed by atoms with van der Waals surface area (Å²) in [6.45, 7) is 0. The largest absolute Gasteiger partial charge is 0.495 e. The molecule has 1 aromatic carbocycles. The zero-order chi connectivity index (χ0) is 9.84. The zero-order valence-electron chi connectivity index (χ0n) is 6.91. The quantitative estimate of drug-likeness (QED) is 0.763. The minimum absolute atomic E-state index is 0.313. The van der Waals surface area contributed by atoms with Gasteiger partial charge in [0.25, 0.3) is 0 Å². The normalized spacial score (nSPS) is 9.38. The molecule has 0 aliphatic heterocycles. The van der Waals surface area contributed by atoms with Crippen LogP contribution in [0, 0.1) is 0 Å². The molecule has 4 heteroatoms. The summed E-state index contributed by atoms with van der Waals surface area (Å²) in [7, 11) is 1.42. The smallest absolute Gasteiger partial charge is 0.153 e. The number of carbonyl (C=O) groups is 2. The number of hydrogen-bond donors (Lipinski definition) is 0. The molecule has 68 valence electrons. The summed E-state index contributed by atoms with van der Waals surface area (Å²) in [5.74, 6) is 0.313. The van der Waals surface area contributed by atoms with Crippen molar-refractivity contribution in [1.82, 2.24) is 0 Å². The molecule has 0 radical (unpaired) electrons. The third kappa shape index (κ3) is 1.95. The molecule has 0 N–H and O–H groups in total. The topological polar surface area (TPSA) is 43.4 Å². The SMILES string of the molecule is COc1c(C=O)cc(Br)cc1C=O. The summed E-state index contributed by atoms with van der Waals surface area (Å²) in [4.78, 5) is 21.2. The van der Waals surface area contributed by atoms with Crippen molar-refractivity contribution in [2.24, 2.45) is 0 Å². The van der Waals surface area contributed by atoms with Gasteiger partial charge >= 0.3 is 0 Å². The van der Waals surface area contributed by atoms with E-state index in [0.717, 1.165) is 0 Å². The molecule has 0 aliphatic carbocycles. The molecule has 0 fully saturated rings. The van der Waals surface area contributed by atoms with Crippen molar-refractivity contribution in [3.05, 3.63) is 27.7 Å². The zero-order valence-corrected chi connectivity index (χ0v) is 8.50. The van der Waals surface area contributed by atoms with Crippen LogP contribution in [0.25, 0.3) is 0 Å². The van der Waals surface area contributed by atoms with Gasteiger partial charge in [0.15, 0.2) is 12.6 Å². The van der Waals surface area contributed by atoms with Gasteiger partial charge in [0, 0.05) is 4.47 Å². The van der Waals surface area contributed by atoms with Gasteiger partial charge < -0.3 is 4.74 Å². The second kappa shape index (κ2) is 4.18. The van der Waals surface area contributed by atoms with Gasteiger partial charge in [-0.15, -0.1) is 0 Å². The number of ether oxygens (including phenoxy) is 1. The van der Waals surface area contributed by atoms with Gasteiger partial charge in [-0.2, -0.15) is 0 Å². The number of halogens is 1. The highest BCUT2D eigenvalue weighted by atomic mass is 79.9. The van der Waals surface area contributed by atoms with Crippen molar-refractivity contribution < 1.29 is 14.3 Å². The Bertz CT molecular complexity index is 318. The third-order valence-corrected chi connectivity index (χ3v) is 2.03. The Balaban J connectivity index is 3.41. The summed E-state index contributed by atoms with van der Waals surface area (Å²) in [5.41, 5.74) is 0.720. The predicted octanol–water partition coefficient (Wildman–Crippen LogP) is 2.08. The van der Waals surface area contributed by atoms with Crippen molar-refractivity contribution in [3.63, 3.8) is 0 Å². The maximum Gasteiger partial charge on any atom is 0.153 e. The van der Waals surface area contributed by atoms with E-state index in [4.69, 9.17) is 4.74 Å². The number of methoxy groups -OCH3 is 1. The second-order valence-corrected chi connectivity index (χ2v) is 3.27. The Kier molecular flexibility index (Phi) is 3.19. The molecule has 0 amide bonds. The van der Waals surface area contributed by atoms with Gasteiger partial charge in [0.05, 0.1) is 18.2 Å². The van der Waals surface area contributed by atoms with E-state index in [1.807, 2.05) is 0 Å². The number of carbonyl (C=O) groups excluding carboxylic acids is 2. The molecule has 0 bridgehead atoms. The number of benzene rings is 1. The molecule has 13 heavy (non-hydrogen) atoms. The number of aldehydes is 2. The van der Waals surface area contributed by atoms with E-state index in [0.29, 0.717) is 33.9 Å². The maximum atomic E-state index is 10.6. The molecule has 0 saturated carbocycles. The fourth-order valence-electron chi connectivity index (χ4n) is 1.05. The van der Waals surface area contributed by atoms with Crippen LogP contribution in [0.3, 0.4) is 0 Å². The fraction of sp³-hybridized carbons (Fsp3) is 0.111. The standard InChI is InChI=1S/C9H7BrO3/c1-13-9-6(4-11)2-8(10)3-7(9)5-12/h2-5H,1H3. The highest BCUT2D eigenvalue weighted by Gasteiger charge is 2.09. The first-order chi connectivity index (χ1) is 6.22.